The van der Waals surface area contributed by atoms with E-state index in [9.17, 15) is 10.1 Å². The van der Waals surface area contributed by atoms with Gasteiger partial charge < -0.3 is 14.5 Å². The highest BCUT2D eigenvalue weighted by Crippen LogP contribution is 2.22. The van der Waals surface area contributed by atoms with Gasteiger partial charge in [-0.25, -0.2) is 10.1 Å². The Bertz CT molecular complexity index is 314. The Morgan fingerprint density at radius 1 is 1.62 bits per heavy atom. The Morgan fingerprint density at radius 3 is 2.94 bits per heavy atom. The fourth-order valence-electron chi connectivity index (χ4n) is 2.43. The Labute approximate surface area is 93.8 Å². The van der Waals surface area contributed by atoms with Crippen LogP contribution >= 0.6 is 0 Å². The summed E-state index contributed by atoms with van der Waals surface area (Å²) >= 11 is 0. The molecule has 0 aromatic heterocycles. The number of ether oxygens (including phenoxy) is 1. The molecule has 0 saturated carbocycles. The smallest absolute Gasteiger partial charge is 0.274 e. The fraction of sp³-hybridized carbons (Fsp3) is 0.889. The zero-order valence-electron chi connectivity index (χ0n) is 9.50. The van der Waals surface area contributed by atoms with Crippen molar-refractivity contribution in [2.75, 3.05) is 26.8 Å². The van der Waals surface area contributed by atoms with Crippen LogP contribution in [0.5, 0.6) is 0 Å². The molecule has 0 radical (unpaired) electrons. The number of nitro groups is 1. The third-order valence-electron chi connectivity index (χ3n) is 3.06. The third-order valence-corrected chi connectivity index (χ3v) is 3.06. The lowest BCUT2D eigenvalue weighted by molar-refractivity contribution is -0.486. The maximum Gasteiger partial charge on any atom is 0.274 e. The summed E-state index contributed by atoms with van der Waals surface area (Å²) in [6.07, 6.45) is 0.912. The van der Waals surface area contributed by atoms with Crippen LogP contribution in [0.25, 0.3) is 0 Å². The van der Waals surface area contributed by atoms with Crippen LogP contribution in [0.15, 0.2) is 5.10 Å². The molecule has 2 heterocycles. The van der Waals surface area contributed by atoms with Crippen molar-refractivity contribution in [3.63, 3.8) is 0 Å². The predicted octanol–water partition coefficient (Wildman–Crippen LogP) is -0.0411. The molecule has 0 aromatic rings. The minimum absolute atomic E-state index is 0.221. The molecule has 2 aliphatic heterocycles. The molecule has 0 bridgehead atoms. The van der Waals surface area contributed by atoms with Crippen LogP contribution < -0.4 is 0 Å². The predicted molar refractivity (Wildman–Crippen MR) is 57.6 cm³/mol. The van der Waals surface area contributed by atoms with Crippen LogP contribution in [0.1, 0.15) is 13.3 Å². The van der Waals surface area contributed by atoms with E-state index < -0.39 is 5.03 Å². The third kappa shape index (κ3) is 1.95. The van der Waals surface area contributed by atoms with Gasteiger partial charge in [-0.1, -0.05) is 0 Å². The Kier molecular flexibility index (Phi) is 2.95. The van der Waals surface area contributed by atoms with E-state index in [-0.39, 0.29) is 12.1 Å². The van der Waals surface area contributed by atoms with Gasteiger partial charge in [0.25, 0.3) is 5.96 Å². The van der Waals surface area contributed by atoms with Crippen molar-refractivity contribution in [1.29, 1.82) is 0 Å². The van der Waals surface area contributed by atoms with Gasteiger partial charge in [0.05, 0.1) is 12.6 Å². The van der Waals surface area contributed by atoms with Gasteiger partial charge in [0.15, 0.2) is 5.03 Å². The van der Waals surface area contributed by atoms with Crippen LogP contribution in [0.3, 0.4) is 0 Å². The lowest BCUT2D eigenvalue weighted by atomic mass is 10.2. The van der Waals surface area contributed by atoms with Crippen molar-refractivity contribution in [3.8, 4) is 0 Å². The maximum absolute atomic E-state index is 10.5. The highest BCUT2D eigenvalue weighted by Gasteiger charge is 2.39. The molecule has 2 atom stereocenters. The lowest BCUT2D eigenvalue weighted by Gasteiger charge is -2.27. The van der Waals surface area contributed by atoms with E-state index in [1.54, 1.807) is 0 Å². The summed E-state index contributed by atoms with van der Waals surface area (Å²) < 4.78 is 5.32. The number of guanidine groups is 1. The average Bonchev–Trinajstić information content (AvgIpc) is 2.75. The van der Waals surface area contributed by atoms with Crippen LogP contribution in [0.4, 0.5) is 0 Å². The molecule has 2 rings (SSSR count). The molecule has 2 saturated heterocycles. The molecule has 2 fully saturated rings. The second-order valence-corrected chi connectivity index (χ2v) is 4.29. The van der Waals surface area contributed by atoms with Gasteiger partial charge in [0.2, 0.25) is 0 Å². The van der Waals surface area contributed by atoms with Crippen LogP contribution in [-0.4, -0.2) is 59.7 Å². The number of rotatable bonds is 2. The number of nitrogens with zero attached hydrogens (tertiary/aromatic N) is 4. The molecule has 90 valence electrons. The van der Waals surface area contributed by atoms with E-state index in [2.05, 4.69) is 12.0 Å². The van der Waals surface area contributed by atoms with Crippen molar-refractivity contribution < 1.29 is 9.77 Å². The van der Waals surface area contributed by atoms with E-state index in [1.807, 2.05) is 16.8 Å². The van der Waals surface area contributed by atoms with E-state index in [4.69, 9.17) is 4.74 Å². The molecule has 0 spiro atoms. The number of hydrogen-bond acceptors (Lipinski definition) is 3. The zero-order chi connectivity index (χ0) is 11.7. The van der Waals surface area contributed by atoms with Crippen molar-refractivity contribution in [2.45, 2.75) is 25.4 Å². The number of hydrogen-bond donors (Lipinski definition) is 0. The summed E-state index contributed by atoms with van der Waals surface area (Å²) in [6, 6.07) is 0.467. The molecule has 0 aromatic carbocycles. The molecule has 0 amide bonds. The monoisotopic (exact) mass is 228 g/mol. The quantitative estimate of drug-likeness (QED) is 0.490. The summed E-state index contributed by atoms with van der Waals surface area (Å²) in [5.41, 5.74) is 0. The van der Waals surface area contributed by atoms with Crippen LogP contribution in [-0.2, 0) is 4.74 Å². The summed E-state index contributed by atoms with van der Waals surface area (Å²) in [6.45, 7) is 4.18. The van der Waals surface area contributed by atoms with Gasteiger partial charge in [0, 0.05) is 26.2 Å². The first-order valence-electron chi connectivity index (χ1n) is 5.40. The summed E-state index contributed by atoms with van der Waals surface area (Å²) in [5.74, 6) is 0.452. The summed E-state index contributed by atoms with van der Waals surface area (Å²) in [7, 11) is 1.83. The maximum atomic E-state index is 10.5. The zero-order valence-corrected chi connectivity index (χ0v) is 9.50. The van der Waals surface area contributed by atoms with Gasteiger partial charge in [-0.15, -0.1) is 0 Å². The summed E-state index contributed by atoms with van der Waals surface area (Å²) in [5, 5.41) is 13.3. The number of hydrazone groups is 1. The average molecular weight is 228 g/mol. The molecule has 7 nitrogen and oxygen atoms in total. The van der Waals surface area contributed by atoms with Gasteiger partial charge in [0.1, 0.15) is 5.10 Å². The van der Waals surface area contributed by atoms with Crippen molar-refractivity contribution in [1.82, 2.24) is 9.80 Å². The van der Waals surface area contributed by atoms with Gasteiger partial charge in [-0.05, 0) is 13.3 Å². The largest absolute Gasteiger partial charge is 0.379 e. The van der Waals surface area contributed by atoms with Crippen molar-refractivity contribution in [3.05, 3.63) is 10.1 Å². The van der Waals surface area contributed by atoms with Gasteiger partial charge >= 0.3 is 0 Å². The molecular formula is C9H16N4O3. The van der Waals surface area contributed by atoms with Gasteiger partial charge in [-0.2, -0.15) is 0 Å². The standard InChI is InChI=1S/C9H16N4O3/c1-7-5-11(2)9(10-13(14)15)12(7)8-3-4-16-6-8/h7-8H,3-6H2,1-2H3. The Hall–Kier alpha value is -1.37. The molecule has 7 heteroatoms. The first-order valence-corrected chi connectivity index (χ1v) is 5.40. The first-order chi connectivity index (χ1) is 7.59. The normalized spacial score (nSPS) is 32.8. The topological polar surface area (TPSA) is 71.2 Å². The Balaban J connectivity index is 2.21. The summed E-state index contributed by atoms with van der Waals surface area (Å²) in [4.78, 5) is 14.3. The lowest BCUT2D eigenvalue weighted by Crippen LogP contribution is -2.43. The molecule has 2 aliphatic rings. The second-order valence-electron chi connectivity index (χ2n) is 4.29. The minimum atomic E-state index is -0.632. The minimum Gasteiger partial charge on any atom is -0.379 e. The van der Waals surface area contributed by atoms with E-state index in [0.29, 0.717) is 12.6 Å². The van der Waals surface area contributed by atoms with Crippen molar-refractivity contribution >= 4 is 5.96 Å². The van der Waals surface area contributed by atoms with E-state index in [1.165, 1.54) is 0 Å². The van der Waals surface area contributed by atoms with Crippen molar-refractivity contribution in [2.24, 2.45) is 5.10 Å². The molecule has 0 aliphatic carbocycles. The Morgan fingerprint density at radius 2 is 2.38 bits per heavy atom. The van der Waals surface area contributed by atoms with Crippen LogP contribution in [0.2, 0.25) is 0 Å². The highest BCUT2D eigenvalue weighted by atomic mass is 16.7. The SMILES string of the molecule is CC1CN(C)C(=N[N+](=O)[O-])N1C1CCOC1. The number of likely N-dealkylation sites (N-methyl/N-ethyl adjacent to an activating group) is 1. The van der Waals surface area contributed by atoms with Gasteiger partial charge in [-0.3, -0.25) is 0 Å². The molecule has 2 unspecified atom stereocenters. The first kappa shape index (κ1) is 11.1. The molecule has 16 heavy (non-hydrogen) atoms. The van der Waals surface area contributed by atoms with E-state index in [0.717, 1.165) is 19.6 Å². The highest BCUT2D eigenvalue weighted by molar-refractivity contribution is 5.82. The molecular weight excluding hydrogens is 212 g/mol. The molecule has 0 N–H and O–H groups in total. The fourth-order valence-corrected chi connectivity index (χ4v) is 2.43. The van der Waals surface area contributed by atoms with E-state index >= 15 is 0 Å². The second kappa shape index (κ2) is 4.25. The van der Waals surface area contributed by atoms with Crippen LogP contribution in [0, 0.1) is 10.1 Å².